The Hall–Kier alpha value is 0.1000. The lowest BCUT2D eigenvalue weighted by molar-refractivity contribution is 0.644. The largest absolute Gasteiger partial charge is 0.236 e. The Bertz CT molecular complexity index is 451. The van der Waals surface area contributed by atoms with E-state index in [1.165, 1.54) is 44.2 Å². The summed E-state index contributed by atoms with van der Waals surface area (Å²) in [4.78, 5) is 9.33. The van der Waals surface area contributed by atoms with Crippen LogP contribution in [-0.4, -0.2) is 9.97 Å². The van der Waals surface area contributed by atoms with Crippen LogP contribution < -0.4 is 0 Å². The van der Waals surface area contributed by atoms with Gasteiger partial charge in [0.2, 0.25) is 0 Å². The first-order valence-electron chi connectivity index (χ1n) is 6.33. The van der Waals surface area contributed by atoms with Gasteiger partial charge in [-0.25, -0.2) is 9.97 Å². The van der Waals surface area contributed by atoms with Crippen molar-refractivity contribution in [1.29, 1.82) is 0 Å². The van der Waals surface area contributed by atoms with Crippen molar-refractivity contribution in [2.45, 2.75) is 56.8 Å². The fraction of sp³-hybridized carbons (Fsp3) is 0.692. The highest BCUT2D eigenvalue weighted by Gasteiger charge is 2.43. The van der Waals surface area contributed by atoms with E-state index in [0.717, 1.165) is 9.39 Å². The second kappa shape index (κ2) is 4.34. The Morgan fingerprint density at radius 1 is 1.24 bits per heavy atom. The van der Waals surface area contributed by atoms with Crippen LogP contribution in [-0.2, 0) is 5.41 Å². The third-order valence-corrected chi connectivity index (χ3v) is 5.77. The number of rotatable bonds is 2. The first-order chi connectivity index (χ1) is 8.10. The Labute approximate surface area is 121 Å². The molecule has 0 amide bonds. The van der Waals surface area contributed by atoms with Gasteiger partial charge >= 0.3 is 0 Å². The molecule has 0 spiro atoms. The number of hydrogen-bond acceptors (Lipinski definition) is 2. The molecular weight excluding hydrogens is 347 g/mol. The van der Waals surface area contributed by atoms with Gasteiger partial charge in [-0.2, -0.15) is 0 Å². The zero-order valence-electron chi connectivity index (χ0n) is 9.97. The summed E-state index contributed by atoms with van der Waals surface area (Å²) in [6.07, 6.45) is 7.59. The van der Waals surface area contributed by atoms with E-state index in [2.05, 4.69) is 34.5 Å². The lowest BCUT2D eigenvalue weighted by atomic mass is 10.0. The Morgan fingerprint density at radius 2 is 1.88 bits per heavy atom. The van der Waals surface area contributed by atoms with Crippen molar-refractivity contribution in [3.8, 4) is 0 Å². The van der Waals surface area contributed by atoms with Crippen LogP contribution in [0.15, 0.2) is 0 Å². The summed E-state index contributed by atoms with van der Waals surface area (Å²) >= 11 is 8.58. The Kier molecular flexibility index (Phi) is 3.10. The van der Waals surface area contributed by atoms with Crippen molar-refractivity contribution in [2.24, 2.45) is 0 Å². The number of hydrogen-bond donors (Lipinski definition) is 0. The molecule has 17 heavy (non-hydrogen) atoms. The lowest BCUT2D eigenvalue weighted by Gasteiger charge is -2.15. The predicted octanol–water partition coefficient (Wildman–Crippen LogP) is 4.44. The molecule has 4 heteroatoms. The SMILES string of the molecule is CC1(c2nc(Cl)c(I)c(C3CCCC3)n2)CC1. The zero-order valence-corrected chi connectivity index (χ0v) is 12.9. The van der Waals surface area contributed by atoms with Gasteiger partial charge in [-0.15, -0.1) is 0 Å². The molecule has 3 rings (SSSR count). The summed E-state index contributed by atoms with van der Waals surface area (Å²) in [5.74, 6) is 1.59. The summed E-state index contributed by atoms with van der Waals surface area (Å²) < 4.78 is 1.07. The molecule has 92 valence electrons. The fourth-order valence-corrected chi connectivity index (χ4v) is 3.45. The normalized spacial score (nSPS) is 23.0. The molecule has 0 bridgehead atoms. The molecule has 2 fully saturated rings. The molecular formula is C13H16ClIN2. The molecule has 0 N–H and O–H groups in total. The van der Waals surface area contributed by atoms with Crippen LogP contribution in [0, 0.1) is 3.57 Å². The summed E-state index contributed by atoms with van der Waals surface area (Å²) in [6, 6.07) is 0. The van der Waals surface area contributed by atoms with E-state index in [0.29, 0.717) is 11.1 Å². The van der Waals surface area contributed by atoms with Gasteiger partial charge in [0.1, 0.15) is 11.0 Å². The van der Waals surface area contributed by atoms with Crippen molar-refractivity contribution < 1.29 is 0 Å². The maximum Gasteiger partial charge on any atom is 0.146 e. The molecule has 0 unspecified atom stereocenters. The molecule has 1 aromatic heterocycles. The van der Waals surface area contributed by atoms with Crippen LogP contribution in [0.25, 0.3) is 0 Å². The maximum absolute atomic E-state index is 6.27. The number of halogens is 2. The summed E-state index contributed by atoms with van der Waals surface area (Å²) in [5, 5.41) is 0.658. The average Bonchev–Trinajstić information content (AvgIpc) is 2.85. The van der Waals surface area contributed by atoms with E-state index in [1.807, 2.05) is 0 Å². The summed E-state index contributed by atoms with van der Waals surface area (Å²) in [6.45, 7) is 2.24. The van der Waals surface area contributed by atoms with Gasteiger partial charge in [0, 0.05) is 11.3 Å². The molecule has 0 aromatic carbocycles. The van der Waals surface area contributed by atoms with Gasteiger partial charge in [-0.05, 0) is 48.3 Å². The third kappa shape index (κ3) is 2.21. The Balaban J connectivity index is 2.03. The van der Waals surface area contributed by atoms with Gasteiger partial charge in [0.25, 0.3) is 0 Å². The summed E-state index contributed by atoms with van der Waals surface area (Å²) in [7, 11) is 0. The minimum absolute atomic E-state index is 0.210. The van der Waals surface area contributed by atoms with Gasteiger partial charge in [0.05, 0.1) is 9.26 Å². The highest BCUT2D eigenvalue weighted by atomic mass is 127. The lowest BCUT2D eigenvalue weighted by Crippen LogP contribution is -2.12. The Morgan fingerprint density at radius 3 is 2.47 bits per heavy atom. The first-order valence-corrected chi connectivity index (χ1v) is 7.79. The quantitative estimate of drug-likeness (QED) is 0.574. The second-order valence-corrected chi connectivity index (χ2v) is 7.02. The van der Waals surface area contributed by atoms with E-state index in [1.54, 1.807) is 0 Å². The zero-order chi connectivity index (χ0) is 12.0. The topological polar surface area (TPSA) is 25.8 Å². The molecule has 0 saturated heterocycles. The van der Waals surface area contributed by atoms with Crippen molar-refractivity contribution in [3.05, 3.63) is 20.2 Å². The highest BCUT2D eigenvalue weighted by Crippen LogP contribution is 2.47. The fourth-order valence-electron chi connectivity index (χ4n) is 2.59. The first kappa shape index (κ1) is 12.2. The van der Waals surface area contributed by atoms with E-state index in [9.17, 15) is 0 Å². The van der Waals surface area contributed by atoms with Crippen LogP contribution in [0.1, 0.15) is 62.9 Å². The van der Waals surface area contributed by atoms with Crippen LogP contribution >= 0.6 is 34.2 Å². The third-order valence-electron chi connectivity index (χ3n) is 4.12. The van der Waals surface area contributed by atoms with Crippen LogP contribution in [0.5, 0.6) is 0 Å². The minimum atomic E-state index is 0.210. The van der Waals surface area contributed by atoms with Gasteiger partial charge in [-0.1, -0.05) is 31.4 Å². The molecule has 2 nitrogen and oxygen atoms in total. The van der Waals surface area contributed by atoms with Gasteiger partial charge in [-0.3, -0.25) is 0 Å². The molecule has 1 aromatic rings. The van der Waals surface area contributed by atoms with Crippen LogP contribution in [0.2, 0.25) is 5.15 Å². The molecule has 2 aliphatic carbocycles. The van der Waals surface area contributed by atoms with Crippen molar-refractivity contribution in [1.82, 2.24) is 9.97 Å². The van der Waals surface area contributed by atoms with E-state index >= 15 is 0 Å². The second-order valence-electron chi connectivity index (χ2n) is 5.58. The molecule has 2 saturated carbocycles. The maximum atomic E-state index is 6.27. The molecule has 1 heterocycles. The smallest absolute Gasteiger partial charge is 0.146 e. The monoisotopic (exact) mass is 362 g/mol. The van der Waals surface area contributed by atoms with E-state index in [4.69, 9.17) is 16.6 Å². The van der Waals surface area contributed by atoms with Crippen molar-refractivity contribution in [3.63, 3.8) is 0 Å². The minimum Gasteiger partial charge on any atom is -0.236 e. The van der Waals surface area contributed by atoms with Crippen molar-refractivity contribution >= 4 is 34.2 Å². The van der Waals surface area contributed by atoms with Gasteiger partial charge in [0.15, 0.2) is 0 Å². The number of nitrogens with zero attached hydrogens (tertiary/aromatic N) is 2. The number of aromatic nitrogens is 2. The van der Waals surface area contributed by atoms with Crippen molar-refractivity contribution in [2.75, 3.05) is 0 Å². The predicted molar refractivity (Wildman–Crippen MR) is 77.6 cm³/mol. The van der Waals surface area contributed by atoms with E-state index in [-0.39, 0.29) is 5.41 Å². The van der Waals surface area contributed by atoms with Crippen LogP contribution in [0.4, 0.5) is 0 Å². The molecule has 2 aliphatic rings. The standard InChI is InChI=1S/C13H16ClIN2/c1-13(6-7-13)12-16-10(8-4-2-3-5-8)9(15)11(14)17-12/h8H,2-7H2,1H3. The molecule has 0 atom stereocenters. The molecule has 0 aliphatic heterocycles. The average molecular weight is 363 g/mol. The van der Waals surface area contributed by atoms with Crippen LogP contribution in [0.3, 0.4) is 0 Å². The molecule has 0 radical (unpaired) electrons. The summed E-state index contributed by atoms with van der Waals surface area (Å²) in [5.41, 5.74) is 1.42. The van der Waals surface area contributed by atoms with Gasteiger partial charge < -0.3 is 0 Å². The highest BCUT2D eigenvalue weighted by molar-refractivity contribution is 14.1. The van der Waals surface area contributed by atoms with E-state index < -0.39 is 0 Å².